The largest absolute Gasteiger partial charge is 0.504 e. The van der Waals surface area contributed by atoms with Crippen molar-refractivity contribution in [3.8, 4) is 11.5 Å². The lowest BCUT2D eigenvalue weighted by atomic mass is 9.34. The molecule has 5 fully saturated rings. The van der Waals surface area contributed by atoms with Crippen LogP contribution in [0.4, 0.5) is 0 Å². The Morgan fingerprint density at radius 1 is 1.23 bits per heavy atom. The van der Waals surface area contributed by atoms with E-state index in [-0.39, 0.29) is 28.6 Å². The number of fused-ring (bicyclic) bond motifs is 2. The van der Waals surface area contributed by atoms with Crippen LogP contribution in [0.2, 0.25) is 0 Å². The zero-order valence-electron chi connectivity index (χ0n) is 19.0. The molecule has 8 rings (SSSR count). The molecule has 168 valence electrons. The molecule has 5 nitrogen and oxygen atoms in total. The Morgan fingerprint density at radius 2 is 2.03 bits per heavy atom. The molecule has 1 saturated heterocycles. The highest BCUT2D eigenvalue weighted by molar-refractivity contribution is 5.63. The van der Waals surface area contributed by atoms with Crippen molar-refractivity contribution in [3.63, 3.8) is 0 Å². The number of ether oxygens (including phenoxy) is 2. The quantitative estimate of drug-likeness (QED) is 0.774. The molecule has 1 unspecified atom stereocenters. The number of phenolic OH excluding ortho intramolecular Hbond substituents is 1. The summed E-state index contributed by atoms with van der Waals surface area (Å²) in [7, 11) is 1.81. The van der Waals surface area contributed by atoms with Gasteiger partial charge in [-0.3, -0.25) is 4.90 Å². The van der Waals surface area contributed by atoms with Gasteiger partial charge >= 0.3 is 0 Å². The van der Waals surface area contributed by atoms with E-state index >= 15 is 0 Å². The van der Waals surface area contributed by atoms with Gasteiger partial charge in [0, 0.05) is 42.0 Å². The van der Waals surface area contributed by atoms with Crippen molar-refractivity contribution < 1.29 is 19.7 Å². The number of rotatable bonds is 4. The molecule has 0 radical (unpaired) electrons. The highest BCUT2D eigenvalue weighted by Crippen LogP contribution is 2.77. The molecule has 2 spiro atoms. The summed E-state index contributed by atoms with van der Waals surface area (Å²) in [6.45, 7) is 6.23. The van der Waals surface area contributed by atoms with Crippen LogP contribution >= 0.6 is 0 Å². The molecule has 0 aromatic heterocycles. The zero-order chi connectivity index (χ0) is 21.4. The van der Waals surface area contributed by atoms with E-state index in [0.29, 0.717) is 11.8 Å². The maximum Gasteiger partial charge on any atom is 0.165 e. The minimum Gasteiger partial charge on any atom is -0.504 e. The summed E-state index contributed by atoms with van der Waals surface area (Å²) in [6.07, 6.45) is 7.72. The van der Waals surface area contributed by atoms with Crippen LogP contribution in [-0.4, -0.2) is 58.7 Å². The summed E-state index contributed by atoms with van der Waals surface area (Å²) in [6, 6.07) is 4.46. The van der Waals surface area contributed by atoms with Crippen molar-refractivity contribution in [1.82, 2.24) is 4.90 Å². The second-order valence-electron chi connectivity index (χ2n) is 12.1. The number of hydrogen-bond donors (Lipinski definition) is 2. The van der Waals surface area contributed by atoms with Crippen molar-refractivity contribution >= 4 is 0 Å². The molecule has 0 amide bonds. The van der Waals surface area contributed by atoms with Gasteiger partial charge in [-0.25, -0.2) is 0 Å². The number of phenols is 1. The van der Waals surface area contributed by atoms with Gasteiger partial charge in [-0.2, -0.15) is 0 Å². The lowest BCUT2D eigenvalue weighted by Crippen LogP contribution is -2.82. The minimum absolute atomic E-state index is 0.0123. The zero-order valence-corrected chi connectivity index (χ0v) is 19.0. The van der Waals surface area contributed by atoms with E-state index in [4.69, 9.17) is 9.47 Å². The summed E-state index contributed by atoms with van der Waals surface area (Å²) in [4.78, 5) is 2.81. The number of aliphatic hydroxyl groups is 1. The molecule has 2 N–H and O–H groups in total. The van der Waals surface area contributed by atoms with Crippen LogP contribution in [0.25, 0.3) is 0 Å². The van der Waals surface area contributed by atoms with E-state index < -0.39 is 11.2 Å². The van der Waals surface area contributed by atoms with Crippen LogP contribution in [0.5, 0.6) is 11.5 Å². The van der Waals surface area contributed by atoms with Crippen molar-refractivity contribution in [2.24, 2.45) is 17.3 Å². The van der Waals surface area contributed by atoms with Gasteiger partial charge in [-0.05, 0) is 82.9 Å². The SMILES string of the molecule is CO[C@]12CC[C@@]3(CC1C(C)(C)O)[C@H]1Cc4ccc(O)c5c4[C@@]3(CCN1CC1CC1)[C@H]2O5. The number of hydrogen-bond acceptors (Lipinski definition) is 5. The molecule has 5 heteroatoms. The summed E-state index contributed by atoms with van der Waals surface area (Å²) >= 11 is 0. The van der Waals surface area contributed by atoms with Gasteiger partial charge in [-0.1, -0.05) is 6.07 Å². The average Bonchev–Trinajstić information content (AvgIpc) is 3.47. The molecule has 31 heavy (non-hydrogen) atoms. The molecule has 2 aliphatic heterocycles. The topological polar surface area (TPSA) is 62.2 Å². The van der Waals surface area contributed by atoms with E-state index in [1.165, 1.54) is 30.5 Å². The summed E-state index contributed by atoms with van der Waals surface area (Å²) < 4.78 is 13.2. The number of nitrogens with zero attached hydrogens (tertiary/aromatic N) is 1. The first kappa shape index (κ1) is 19.2. The van der Waals surface area contributed by atoms with E-state index in [1.807, 2.05) is 27.0 Å². The summed E-state index contributed by atoms with van der Waals surface area (Å²) in [5, 5.41) is 22.2. The van der Waals surface area contributed by atoms with Gasteiger partial charge in [0.25, 0.3) is 0 Å². The molecule has 5 aliphatic carbocycles. The molecule has 1 aromatic rings. The molecule has 4 saturated carbocycles. The normalized spacial score (nSPS) is 44.8. The third-order valence-electron chi connectivity index (χ3n) is 10.5. The Hall–Kier alpha value is -1.30. The highest BCUT2D eigenvalue weighted by Gasteiger charge is 2.81. The smallest absolute Gasteiger partial charge is 0.165 e. The average molecular weight is 426 g/mol. The number of likely N-dealkylation sites (tertiary alicyclic amines) is 1. The first-order valence-corrected chi connectivity index (χ1v) is 12.3. The van der Waals surface area contributed by atoms with Gasteiger partial charge in [0.15, 0.2) is 11.5 Å². The lowest BCUT2D eigenvalue weighted by Gasteiger charge is -2.75. The Labute approximate surface area is 184 Å². The summed E-state index contributed by atoms with van der Waals surface area (Å²) in [5.74, 6) is 1.86. The predicted molar refractivity (Wildman–Crippen MR) is 116 cm³/mol. The molecule has 4 bridgehead atoms. The Balaban J connectivity index is 1.49. The number of methoxy groups -OCH3 is 1. The maximum atomic E-state index is 11.4. The van der Waals surface area contributed by atoms with Gasteiger partial charge in [0.1, 0.15) is 11.7 Å². The first-order chi connectivity index (χ1) is 14.8. The second kappa shape index (κ2) is 5.60. The molecule has 1 aromatic carbocycles. The Morgan fingerprint density at radius 3 is 2.74 bits per heavy atom. The number of piperidine rings is 1. The minimum atomic E-state index is -0.846. The number of benzene rings is 1. The number of aromatic hydroxyl groups is 1. The monoisotopic (exact) mass is 425 g/mol. The van der Waals surface area contributed by atoms with Crippen LogP contribution in [0.3, 0.4) is 0 Å². The van der Waals surface area contributed by atoms with Crippen LogP contribution in [0.15, 0.2) is 12.1 Å². The van der Waals surface area contributed by atoms with Crippen LogP contribution in [0.1, 0.15) is 63.5 Å². The van der Waals surface area contributed by atoms with Gasteiger partial charge < -0.3 is 19.7 Å². The third kappa shape index (κ3) is 2.02. The van der Waals surface area contributed by atoms with Gasteiger partial charge in [0.05, 0.1) is 5.60 Å². The van der Waals surface area contributed by atoms with E-state index in [1.54, 1.807) is 0 Å². The molecule has 6 atom stereocenters. The molecule has 7 aliphatic rings. The van der Waals surface area contributed by atoms with Crippen LogP contribution < -0.4 is 4.74 Å². The van der Waals surface area contributed by atoms with Gasteiger partial charge in [0.2, 0.25) is 0 Å². The molecular weight excluding hydrogens is 390 g/mol. The highest BCUT2D eigenvalue weighted by atomic mass is 16.6. The van der Waals surface area contributed by atoms with Crippen molar-refractivity contribution in [2.45, 2.75) is 87.6 Å². The van der Waals surface area contributed by atoms with Gasteiger partial charge in [-0.15, -0.1) is 0 Å². The van der Waals surface area contributed by atoms with Crippen molar-refractivity contribution in [3.05, 3.63) is 23.3 Å². The fraction of sp³-hybridized carbons (Fsp3) is 0.769. The Bertz CT molecular complexity index is 967. The Kier molecular flexibility index (Phi) is 3.47. The van der Waals surface area contributed by atoms with E-state index in [0.717, 1.165) is 44.6 Å². The van der Waals surface area contributed by atoms with E-state index in [9.17, 15) is 10.2 Å². The van der Waals surface area contributed by atoms with Crippen molar-refractivity contribution in [2.75, 3.05) is 20.2 Å². The lowest BCUT2D eigenvalue weighted by molar-refractivity contribution is -0.300. The molecular formula is C26H35NO4. The fourth-order valence-electron chi connectivity index (χ4n) is 9.23. The second-order valence-corrected chi connectivity index (χ2v) is 12.1. The predicted octanol–water partition coefficient (Wildman–Crippen LogP) is 3.39. The van der Waals surface area contributed by atoms with E-state index in [2.05, 4.69) is 11.0 Å². The molecule has 2 heterocycles. The fourth-order valence-corrected chi connectivity index (χ4v) is 9.23. The third-order valence-corrected chi connectivity index (χ3v) is 10.5. The van der Waals surface area contributed by atoms with Crippen LogP contribution in [0, 0.1) is 17.3 Å². The maximum absolute atomic E-state index is 11.4. The van der Waals surface area contributed by atoms with Crippen LogP contribution in [-0.2, 0) is 16.6 Å². The first-order valence-electron chi connectivity index (χ1n) is 12.3. The summed E-state index contributed by atoms with van der Waals surface area (Å²) in [5.41, 5.74) is 1.24. The standard InChI is InChI=1S/C26H35NO4/c1-23(2,29)18-13-24-8-9-26(18,30-3)22-25(24)10-11-27(14-15-4-5-15)19(24)12-16-6-7-17(28)21(31-22)20(16)25/h6-7,15,18-19,22,28-29H,4-5,8-14H2,1-3H3/t18?,19-,22-,24-,25+,26-/m1/s1. The van der Waals surface area contributed by atoms with Crippen molar-refractivity contribution in [1.29, 1.82) is 0 Å².